The van der Waals surface area contributed by atoms with Crippen LogP contribution < -0.4 is 5.32 Å². The van der Waals surface area contributed by atoms with Crippen LogP contribution >= 0.6 is 0 Å². The number of carbonyl (C=O) groups is 1. The van der Waals surface area contributed by atoms with Crippen molar-refractivity contribution in [3.8, 4) is 5.75 Å². The van der Waals surface area contributed by atoms with Crippen LogP contribution in [0.5, 0.6) is 5.75 Å². The molecule has 1 amide bonds. The molecule has 4 heteroatoms. The van der Waals surface area contributed by atoms with Gasteiger partial charge in [-0.3, -0.25) is 9.78 Å². The van der Waals surface area contributed by atoms with Crippen LogP contribution in [0.3, 0.4) is 0 Å². The van der Waals surface area contributed by atoms with Crippen molar-refractivity contribution in [2.45, 2.75) is 27.2 Å². The van der Waals surface area contributed by atoms with Crippen LogP contribution in [0.25, 0.3) is 0 Å². The summed E-state index contributed by atoms with van der Waals surface area (Å²) >= 11 is 0. The summed E-state index contributed by atoms with van der Waals surface area (Å²) in [6.45, 7) is 6.83. The van der Waals surface area contributed by atoms with Gasteiger partial charge in [-0.05, 0) is 17.9 Å². The number of carbonyl (C=O) groups excluding carboxylic acids is 1. The Morgan fingerprint density at radius 1 is 1.56 bits per heavy atom. The Labute approximate surface area is 95.7 Å². The lowest BCUT2D eigenvalue weighted by Gasteiger charge is -2.22. The third-order valence-corrected chi connectivity index (χ3v) is 2.73. The van der Waals surface area contributed by atoms with Crippen LogP contribution in [-0.4, -0.2) is 22.5 Å². The molecule has 1 aromatic rings. The molecule has 4 nitrogen and oxygen atoms in total. The van der Waals surface area contributed by atoms with Crippen molar-refractivity contribution < 1.29 is 9.90 Å². The molecule has 2 N–H and O–H groups in total. The van der Waals surface area contributed by atoms with Crippen LogP contribution in [0.15, 0.2) is 18.5 Å². The van der Waals surface area contributed by atoms with Crippen LogP contribution in [0.2, 0.25) is 0 Å². The zero-order valence-electron chi connectivity index (χ0n) is 9.95. The zero-order chi connectivity index (χ0) is 12.2. The number of hydrogen-bond acceptors (Lipinski definition) is 3. The molecular formula is C12H18N2O2. The van der Waals surface area contributed by atoms with Gasteiger partial charge in [0.1, 0.15) is 5.75 Å². The van der Waals surface area contributed by atoms with Gasteiger partial charge in [0.2, 0.25) is 0 Å². The first kappa shape index (κ1) is 12.5. The van der Waals surface area contributed by atoms with Gasteiger partial charge in [-0.15, -0.1) is 0 Å². The molecule has 0 aliphatic rings. The maximum atomic E-state index is 11.7. The Hall–Kier alpha value is -1.58. The van der Waals surface area contributed by atoms with Gasteiger partial charge in [-0.2, -0.15) is 0 Å². The fraction of sp³-hybridized carbons (Fsp3) is 0.500. The maximum Gasteiger partial charge on any atom is 0.255 e. The summed E-state index contributed by atoms with van der Waals surface area (Å²) in [4.78, 5) is 15.5. The van der Waals surface area contributed by atoms with Crippen LogP contribution in [0.4, 0.5) is 0 Å². The molecule has 0 aliphatic heterocycles. The van der Waals surface area contributed by atoms with Gasteiger partial charge < -0.3 is 10.4 Å². The van der Waals surface area contributed by atoms with E-state index in [9.17, 15) is 9.90 Å². The number of hydrogen-bond donors (Lipinski definition) is 2. The molecule has 0 aliphatic carbocycles. The minimum absolute atomic E-state index is 0.0678. The molecule has 16 heavy (non-hydrogen) atoms. The normalized spacial score (nSPS) is 11.2. The summed E-state index contributed by atoms with van der Waals surface area (Å²) < 4.78 is 0. The maximum absolute atomic E-state index is 11.7. The highest BCUT2D eigenvalue weighted by atomic mass is 16.3. The summed E-state index contributed by atoms with van der Waals surface area (Å²) in [5.74, 6) is -0.351. The predicted molar refractivity (Wildman–Crippen MR) is 62.3 cm³/mol. The van der Waals surface area contributed by atoms with E-state index in [0.717, 1.165) is 6.42 Å². The second-order valence-electron chi connectivity index (χ2n) is 4.59. The number of amides is 1. The molecule has 1 rings (SSSR count). The largest absolute Gasteiger partial charge is 0.505 e. The molecule has 0 bridgehead atoms. The predicted octanol–water partition coefficient (Wildman–Crippen LogP) is 1.95. The summed E-state index contributed by atoms with van der Waals surface area (Å²) in [6, 6.07) is 1.50. The minimum atomic E-state index is -0.263. The topological polar surface area (TPSA) is 62.2 Å². The second-order valence-corrected chi connectivity index (χ2v) is 4.59. The monoisotopic (exact) mass is 222 g/mol. The zero-order valence-corrected chi connectivity index (χ0v) is 9.95. The molecule has 0 saturated carbocycles. The van der Waals surface area contributed by atoms with Crippen molar-refractivity contribution in [3.63, 3.8) is 0 Å². The average molecular weight is 222 g/mol. The number of nitrogens with one attached hydrogen (secondary N) is 1. The molecule has 1 heterocycles. The average Bonchev–Trinajstić information content (AvgIpc) is 2.27. The molecule has 0 saturated heterocycles. The second kappa shape index (κ2) is 4.96. The van der Waals surface area contributed by atoms with Gasteiger partial charge in [0.05, 0.1) is 11.8 Å². The number of rotatable bonds is 4. The third-order valence-electron chi connectivity index (χ3n) is 2.73. The highest BCUT2D eigenvalue weighted by molar-refractivity contribution is 5.96. The summed E-state index contributed by atoms with van der Waals surface area (Å²) in [5, 5.41) is 12.2. The summed E-state index contributed by atoms with van der Waals surface area (Å²) in [6.07, 6.45) is 3.73. The first-order valence-corrected chi connectivity index (χ1v) is 5.37. The Morgan fingerprint density at radius 2 is 2.25 bits per heavy atom. The Balaban J connectivity index is 2.64. The quantitative estimate of drug-likeness (QED) is 0.818. The van der Waals surface area contributed by atoms with Gasteiger partial charge in [0.15, 0.2) is 0 Å². The fourth-order valence-electron chi connectivity index (χ4n) is 1.12. The van der Waals surface area contributed by atoms with Crippen LogP contribution in [0.1, 0.15) is 37.6 Å². The minimum Gasteiger partial charge on any atom is -0.505 e. The van der Waals surface area contributed by atoms with Crippen molar-refractivity contribution in [2.24, 2.45) is 5.41 Å². The third kappa shape index (κ3) is 3.22. The highest BCUT2D eigenvalue weighted by Crippen LogP contribution is 2.19. The van der Waals surface area contributed by atoms with E-state index in [1.54, 1.807) is 0 Å². The number of pyridine rings is 1. The lowest BCUT2D eigenvalue weighted by molar-refractivity contribution is 0.0933. The van der Waals surface area contributed by atoms with Gasteiger partial charge in [0.25, 0.3) is 5.91 Å². The molecule has 1 aromatic heterocycles. The van der Waals surface area contributed by atoms with Crippen molar-refractivity contribution in [2.75, 3.05) is 6.54 Å². The van der Waals surface area contributed by atoms with Crippen molar-refractivity contribution in [1.29, 1.82) is 0 Å². The Morgan fingerprint density at radius 3 is 2.81 bits per heavy atom. The SMILES string of the molecule is CCC(C)(C)CNC(=O)c1ccncc1O. The van der Waals surface area contributed by atoms with E-state index < -0.39 is 0 Å². The smallest absolute Gasteiger partial charge is 0.255 e. The first-order chi connectivity index (χ1) is 7.46. The standard InChI is InChI=1S/C12H18N2O2/c1-4-12(2,3)8-14-11(16)9-5-6-13-7-10(9)15/h5-7,15H,4,8H2,1-3H3,(H,14,16). The molecule has 0 unspecified atom stereocenters. The van der Waals surface area contributed by atoms with E-state index >= 15 is 0 Å². The van der Waals surface area contributed by atoms with Crippen LogP contribution in [0, 0.1) is 5.41 Å². The van der Waals surface area contributed by atoms with E-state index in [0.29, 0.717) is 6.54 Å². The number of aromatic hydroxyl groups is 1. The molecular weight excluding hydrogens is 204 g/mol. The first-order valence-electron chi connectivity index (χ1n) is 5.37. The van der Waals surface area contributed by atoms with E-state index in [2.05, 4.69) is 31.1 Å². The lowest BCUT2D eigenvalue weighted by atomic mass is 9.90. The Kier molecular flexibility index (Phi) is 3.88. The van der Waals surface area contributed by atoms with E-state index in [-0.39, 0.29) is 22.6 Å². The number of aromatic nitrogens is 1. The lowest BCUT2D eigenvalue weighted by Crippen LogP contribution is -2.33. The summed E-state index contributed by atoms with van der Waals surface area (Å²) in [7, 11) is 0. The number of nitrogens with zero attached hydrogens (tertiary/aromatic N) is 1. The molecule has 0 spiro atoms. The van der Waals surface area contributed by atoms with Crippen molar-refractivity contribution >= 4 is 5.91 Å². The van der Waals surface area contributed by atoms with Gasteiger partial charge in [-0.1, -0.05) is 20.8 Å². The molecule has 0 atom stereocenters. The molecule has 0 aromatic carbocycles. The van der Waals surface area contributed by atoms with E-state index in [1.165, 1.54) is 18.5 Å². The van der Waals surface area contributed by atoms with Gasteiger partial charge >= 0.3 is 0 Å². The molecule has 0 radical (unpaired) electrons. The molecule has 88 valence electrons. The highest BCUT2D eigenvalue weighted by Gasteiger charge is 2.17. The van der Waals surface area contributed by atoms with Crippen molar-refractivity contribution in [3.05, 3.63) is 24.0 Å². The van der Waals surface area contributed by atoms with E-state index in [1.807, 2.05) is 0 Å². The van der Waals surface area contributed by atoms with E-state index in [4.69, 9.17) is 0 Å². The van der Waals surface area contributed by atoms with Gasteiger partial charge in [-0.25, -0.2) is 0 Å². The van der Waals surface area contributed by atoms with Crippen LogP contribution in [-0.2, 0) is 0 Å². The fourth-order valence-corrected chi connectivity index (χ4v) is 1.12. The Bertz CT molecular complexity index is 375. The molecule has 0 fully saturated rings. The summed E-state index contributed by atoms with van der Waals surface area (Å²) in [5.41, 5.74) is 0.333. The van der Waals surface area contributed by atoms with Crippen molar-refractivity contribution in [1.82, 2.24) is 10.3 Å². The van der Waals surface area contributed by atoms with Gasteiger partial charge in [0, 0.05) is 12.7 Å².